The Labute approximate surface area is 121 Å². The van der Waals surface area contributed by atoms with Crippen LogP contribution in [0, 0.1) is 11.8 Å². The second kappa shape index (κ2) is 7.91. The van der Waals surface area contributed by atoms with E-state index >= 15 is 0 Å². The minimum Gasteiger partial charge on any atom is -0.492 e. The molecule has 0 aliphatic heterocycles. The molecule has 0 fully saturated rings. The number of rotatable bonds is 6. The van der Waals surface area contributed by atoms with Crippen LogP contribution < -0.4 is 4.74 Å². The molecule has 0 aromatic heterocycles. The monoisotopic (exact) mass is 277 g/mol. The molecular weight excluding hydrogens is 254 g/mol. The second-order valence-electron chi connectivity index (χ2n) is 5.22. The first-order valence-corrected chi connectivity index (χ1v) is 6.64. The molecule has 0 aliphatic rings. The molecule has 0 atom stereocenters. The minimum absolute atomic E-state index is 0.113. The summed E-state index contributed by atoms with van der Waals surface area (Å²) in [6, 6.07) is 7.44. The van der Waals surface area contributed by atoms with Gasteiger partial charge >= 0.3 is 0 Å². The van der Waals surface area contributed by atoms with Crippen molar-refractivity contribution in [1.82, 2.24) is 4.90 Å². The molecule has 4 nitrogen and oxygen atoms in total. The SMILES string of the molecule is CN(CCOc1ccc(C#CCO)cc1)C(C)(C)CO. The maximum atomic E-state index is 9.27. The molecule has 0 heterocycles. The molecule has 2 N–H and O–H groups in total. The smallest absolute Gasteiger partial charge is 0.119 e. The topological polar surface area (TPSA) is 52.9 Å². The average molecular weight is 277 g/mol. The Balaban J connectivity index is 2.43. The van der Waals surface area contributed by atoms with Gasteiger partial charge in [-0.2, -0.15) is 0 Å². The summed E-state index contributed by atoms with van der Waals surface area (Å²) in [6.07, 6.45) is 0. The van der Waals surface area contributed by atoms with E-state index in [1.165, 1.54) is 0 Å². The second-order valence-corrected chi connectivity index (χ2v) is 5.22. The van der Waals surface area contributed by atoms with Crippen LogP contribution in [-0.2, 0) is 0 Å². The third-order valence-corrected chi connectivity index (χ3v) is 3.28. The Morgan fingerprint density at radius 1 is 1.20 bits per heavy atom. The van der Waals surface area contributed by atoms with E-state index in [1.54, 1.807) is 0 Å². The fourth-order valence-electron chi connectivity index (χ4n) is 1.50. The minimum atomic E-state index is -0.243. The van der Waals surface area contributed by atoms with Gasteiger partial charge in [-0.05, 0) is 45.2 Å². The highest BCUT2D eigenvalue weighted by Crippen LogP contribution is 2.13. The van der Waals surface area contributed by atoms with Crippen molar-refractivity contribution in [1.29, 1.82) is 0 Å². The van der Waals surface area contributed by atoms with Gasteiger partial charge in [0.2, 0.25) is 0 Å². The van der Waals surface area contributed by atoms with Crippen LogP contribution in [0.25, 0.3) is 0 Å². The van der Waals surface area contributed by atoms with Gasteiger partial charge in [-0.15, -0.1) is 0 Å². The van der Waals surface area contributed by atoms with Gasteiger partial charge in [0.25, 0.3) is 0 Å². The lowest BCUT2D eigenvalue weighted by molar-refractivity contribution is 0.0679. The molecular formula is C16H23NO3. The number of hydrogen-bond donors (Lipinski definition) is 2. The largest absolute Gasteiger partial charge is 0.492 e. The average Bonchev–Trinajstić information content (AvgIpc) is 2.46. The maximum absolute atomic E-state index is 9.27. The van der Waals surface area contributed by atoms with Crippen molar-refractivity contribution < 1.29 is 14.9 Å². The number of aliphatic hydroxyl groups is 2. The molecule has 1 rings (SSSR count). The van der Waals surface area contributed by atoms with E-state index in [0.29, 0.717) is 6.61 Å². The Hall–Kier alpha value is -1.54. The molecule has 20 heavy (non-hydrogen) atoms. The van der Waals surface area contributed by atoms with Crippen molar-refractivity contribution in [3.05, 3.63) is 29.8 Å². The highest BCUT2D eigenvalue weighted by molar-refractivity contribution is 5.38. The standard InChI is InChI=1S/C16H23NO3/c1-16(2,13-19)17(3)10-12-20-15-8-6-14(7-9-15)5-4-11-18/h6-9,18-19H,10-13H2,1-3H3. The molecule has 0 unspecified atom stereocenters. The number of aliphatic hydroxyl groups excluding tert-OH is 2. The zero-order valence-electron chi connectivity index (χ0n) is 12.4. The first kappa shape index (κ1) is 16.5. The summed E-state index contributed by atoms with van der Waals surface area (Å²) in [4.78, 5) is 2.06. The van der Waals surface area contributed by atoms with E-state index < -0.39 is 0 Å². The van der Waals surface area contributed by atoms with Crippen molar-refractivity contribution in [2.45, 2.75) is 19.4 Å². The first-order valence-electron chi connectivity index (χ1n) is 6.64. The third kappa shape index (κ3) is 5.22. The summed E-state index contributed by atoms with van der Waals surface area (Å²) in [7, 11) is 1.97. The van der Waals surface area contributed by atoms with Gasteiger partial charge in [0.05, 0.1) is 6.61 Å². The lowest BCUT2D eigenvalue weighted by Crippen LogP contribution is -2.45. The van der Waals surface area contributed by atoms with Crippen LogP contribution in [0.1, 0.15) is 19.4 Å². The highest BCUT2D eigenvalue weighted by Gasteiger charge is 2.21. The molecule has 110 valence electrons. The van der Waals surface area contributed by atoms with E-state index in [-0.39, 0.29) is 18.8 Å². The van der Waals surface area contributed by atoms with E-state index in [0.717, 1.165) is 17.9 Å². The van der Waals surface area contributed by atoms with Crippen molar-refractivity contribution in [3.8, 4) is 17.6 Å². The van der Waals surface area contributed by atoms with Gasteiger partial charge in [-0.25, -0.2) is 0 Å². The Kier molecular flexibility index (Phi) is 6.53. The molecule has 4 heteroatoms. The van der Waals surface area contributed by atoms with Crippen LogP contribution in [0.5, 0.6) is 5.75 Å². The number of likely N-dealkylation sites (N-methyl/N-ethyl adjacent to an activating group) is 1. The van der Waals surface area contributed by atoms with E-state index in [2.05, 4.69) is 16.7 Å². The lowest BCUT2D eigenvalue weighted by atomic mass is 10.1. The molecule has 1 aromatic carbocycles. The van der Waals surface area contributed by atoms with Crippen molar-refractivity contribution in [3.63, 3.8) is 0 Å². The molecule has 0 spiro atoms. The normalized spacial score (nSPS) is 11.1. The lowest BCUT2D eigenvalue weighted by Gasteiger charge is -2.33. The molecule has 1 aromatic rings. The number of hydrogen-bond acceptors (Lipinski definition) is 4. The Bertz CT molecular complexity index is 457. The van der Waals surface area contributed by atoms with Gasteiger partial charge in [-0.1, -0.05) is 11.8 Å². The summed E-state index contributed by atoms with van der Waals surface area (Å²) in [5, 5.41) is 17.9. The van der Waals surface area contributed by atoms with E-state index in [1.807, 2.05) is 45.2 Å². The third-order valence-electron chi connectivity index (χ3n) is 3.28. The molecule has 0 bridgehead atoms. The van der Waals surface area contributed by atoms with Crippen molar-refractivity contribution in [2.75, 3.05) is 33.4 Å². The summed E-state index contributed by atoms with van der Waals surface area (Å²) in [5.41, 5.74) is 0.609. The zero-order chi connectivity index (χ0) is 15.0. The van der Waals surface area contributed by atoms with E-state index in [4.69, 9.17) is 9.84 Å². The molecule has 0 amide bonds. The number of nitrogens with zero attached hydrogens (tertiary/aromatic N) is 1. The first-order chi connectivity index (χ1) is 9.49. The predicted molar refractivity (Wildman–Crippen MR) is 79.7 cm³/mol. The van der Waals surface area contributed by atoms with Crippen LogP contribution in [0.2, 0.25) is 0 Å². The Morgan fingerprint density at radius 2 is 1.85 bits per heavy atom. The number of benzene rings is 1. The Morgan fingerprint density at radius 3 is 2.40 bits per heavy atom. The molecule has 0 saturated carbocycles. The van der Waals surface area contributed by atoms with Crippen LogP contribution in [0.4, 0.5) is 0 Å². The van der Waals surface area contributed by atoms with Gasteiger partial charge < -0.3 is 14.9 Å². The van der Waals surface area contributed by atoms with Crippen LogP contribution >= 0.6 is 0 Å². The van der Waals surface area contributed by atoms with Gasteiger partial charge in [-0.3, -0.25) is 4.90 Å². The zero-order valence-corrected chi connectivity index (χ0v) is 12.4. The molecule has 0 aliphatic carbocycles. The maximum Gasteiger partial charge on any atom is 0.119 e. The summed E-state index contributed by atoms with van der Waals surface area (Å²) in [6.45, 7) is 5.25. The van der Waals surface area contributed by atoms with Crippen LogP contribution in [-0.4, -0.2) is 54.1 Å². The van der Waals surface area contributed by atoms with Crippen LogP contribution in [0.15, 0.2) is 24.3 Å². The fraction of sp³-hybridized carbons (Fsp3) is 0.500. The van der Waals surface area contributed by atoms with Gasteiger partial charge in [0, 0.05) is 17.6 Å². The van der Waals surface area contributed by atoms with Gasteiger partial charge in [0.1, 0.15) is 19.0 Å². The quantitative estimate of drug-likeness (QED) is 0.765. The van der Waals surface area contributed by atoms with E-state index in [9.17, 15) is 5.11 Å². The summed E-state index contributed by atoms with van der Waals surface area (Å²) in [5.74, 6) is 6.22. The summed E-state index contributed by atoms with van der Waals surface area (Å²) < 4.78 is 5.65. The van der Waals surface area contributed by atoms with Crippen LogP contribution in [0.3, 0.4) is 0 Å². The van der Waals surface area contributed by atoms with Crippen molar-refractivity contribution in [2.24, 2.45) is 0 Å². The van der Waals surface area contributed by atoms with Gasteiger partial charge in [0.15, 0.2) is 0 Å². The predicted octanol–water partition coefficient (Wildman–Crippen LogP) is 1.11. The molecule has 0 saturated heterocycles. The fourth-order valence-corrected chi connectivity index (χ4v) is 1.50. The highest BCUT2D eigenvalue weighted by atomic mass is 16.5. The summed E-state index contributed by atoms with van der Waals surface area (Å²) >= 11 is 0. The van der Waals surface area contributed by atoms with Crippen molar-refractivity contribution >= 4 is 0 Å². The number of ether oxygens (including phenoxy) is 1. The molecule has 0 radical (unpaired) electrons.